The van der Waals surface area contributed by atoms with Crippen molar-refractivity contribution in [3.8, 4) is 0 Å². The molecule has 0 bridgehead atoms. The second-order valence-electron chi connectivity index (χ2n) is 13.0. The van der Waals surface area contributed by atoms with E-state index in [4.69, 9.17) is 0 Å². The van der Waals surface area contributed by atoms with Crippen LogP contribution in [0.3, 0.4) is 0 Å². The molecule has 0 aromatic heterocycles. The molecule has 2 atom stereocenters. The van der Waals surface area contributed by atoms with Crippen molar-refractivity contribution in [2.45, 2.75) is 109 Å². The molecule has 0 spiro atoms. The monoisotopic (exact) mass is 671 g/mol. The predicted molar refractivity (Wildman–Crippen MR) is 181 cm³/mol. The van der Waals surface area contributed by atoms with Crippen molar-refractivity contribution in [2.24, 2.45) is 0 Å². The highest BCUT2D eigenvalue weighted by molar-refractivity contribution is 6.06. The molecule has 1 fully saturated rings. The van der Waals surface area contributed by atoms with Crippen LogP contribution in [0, 0.1) is 0 Å². The maximum absolute atomic E-state index is 13.1. The van der Waals surface area contributed by atoms with E-state index in [1.807, 2.05) is 12.1 Å². The fourth-order valence-corrected chi connectivity index (χ4v) is 7.02. The Kier molecular flexibility index (Phi) is 11.9. The van der Waals surface area contributed by atoms with E-state index in [0.717, 1.165) is 62.5 Å². The zero-order chi connectivity index (χ0) is 34.9. The molecule has 3 N–H and O–H groups in total. The molecule has 12 heteroatoms. The smallest absolute Gasteiger partial charge is 0.255 e. The summed E-state index contributed by atoms with van der Waals surface area (Å²) in [5, 5.41) is 7.83. The number of imide groups is 1. The third-order valence-electron chi connectivity index (χ3n) is 9.80. The number of rotatable bonds is 17. The minimum absolute atomic E-state index is 0.115. The molecule has 0 saturated carbocycles. The van der Waals surface area contributed by atoms with Gasteiger partial charge in [-0.1, -0.05) is 50.3 Å². The van der Waals surface area contributed by atoms with Gasteiger partial charge in [0.25, 0.3) is 11.8 Å². The number of fused-ring (bicyclic) bond motifs is 2. The summed E-state index contributed by atoms with van der Waals surface area (Å²) in [6.45, 7) is 0.599. The summed E-state index contributed by atoms with van der Waals surface area (Å²) in [4.78, 5) is 89.2. The lowest BCUT2D eigenvalue weighted by Gasteiger charge is -2.29. The van der Waals surface area contributed by atoms with Crippen molar-refractivity contribution in [1.82, 2.24) is 20.4 Å². The van der Waals surface area contributed by atoms with E-state index in [-0.39, 0.29) is 55.3 Å². The summed E-state index contributed by atoms with van der Waals surface area (Å²) in [6.07, 6.45) is 9.80. The number of piperidine rings is 1. The van der Waals surface area contributed by atoms with Gasteiger partial charge in [0.05, 0.1) is 6.04 Å². The fourth-order valence-electron chi connectivity index (χ4n) is 7.02. The van der Waals surface area contributed by atoms with E-state index in [1.54, 1.807) is 23.1 Å². The third-order valence-corrected chi connectivity index (χ3v) is 9.80. The molecular formula is C37H45N5O7. The molecular weight excluding hydrogens is 626 g/mol. The van der Waals surface area contributed by atoms with Gasteiger partial charge >= 0.3 is 0 Å². The van der Waals surface area contributed by atoms with Gasteiger partial charge in [0.15, 0.2) is 0 Å². The van der Waals surface area contributed by atoms with Gasteiger partial charge in [-0.3, -0.25) is 34.1 Å². The molecule has 260 valence electrons. The lowest BCUT2D eigenvalue weighted by atomic mass is 9.98. The molecule has 2 aromatic rings. The fraction of sp³-hybridized carbons (Fsp3) is 0.486. The molecule has 2 aromatic carbocycles. The first-order chi connectivity index (χ1) is 23.7. The Hall–Kier alpha value is -4.87. The second-order valence-corrected chi connectivity index (χ2v) is 13.0. The van der Waals surface area contributed by atoms with Gasteiger partial charge in [-0.2, -0.15) is 0 Å². The van der Waals surface area contributed by atoms with Gasteiger partial charge in [-0.15, -0.1) is 0 Å². The normalized spacial score (nSPS) is 17.4. The number of hydrogen-bond donors (Lipinski definition) is 3. The van der Waals surface area contributed by atoms with E-state index in [2.05, 4.69) is 22.0 Å². The molecule has 5 rings (SSSR count). The highest BCUT2D eigenvalue weighted by Crippen LogP contribution is 2.32. The number of aryl methyl sites for hydroxylation is 1. The van der Waals surface area contributed by atoms with Crippen molar-refractivity contribution >= 4 is 47.4 Å². The van der Waals surface area contributed by atoms with Crippen molar-refractivity contribution in [3.63, 3.8) is 0 Å². The molecule has 49 heavy (non-hydrogen) atoms. The van der Waals surface area contributed by atoms with Crippen molar-refractivity contribution in [3.05, 3.63) is 64.2 Å². The quantitative estimate of drug-likeness (QED) is 0.131. The molecule has 3 heterocycles. The first kappa shape index (κ1) is 35.4. The predicted octanol–water partition coefficient (Wildman–Crippen LogP) is 3.80. The van der Waals surface area contributed by atoms with Crippen LogP contribution in [0.15, 0.2) is 36.4 Å². The zero-order valence-corrected chi connectivity index (χ0v) is 28.1. The number of nitrogens with one attached hydrogen (secondary N) is 3. The Labute approximate surface area is 286 Å². The maximum Gasteiger partial charge on any atom is 0.255 e. The summed E-state index contributed by atoms with van der Waals surface area (Å²) in [5.74, 6) is -1.43. The number of benzene rings is 2. The SMILES string of the molecule is CNC(=O)CCC(C=O)N1Cc2c(NC(=O)CCCCCCCCCc3cccc4c3CN(C3CCC(=O)NC3=O)C4=O)cccc2C1=O. The highest BCUT2D eigenvalue weighted by atomic mass is 16.2. The standard InChI is InChI=1S/C37H45N5O7/c1-38-32(44)19-17-25(23-43)41-22-29-27(36(41)48)14-10-15-30(29)39-33(45)16-8-6-4-2-3-5-7-11-24-12-9-13-26-28(24)21-42(37(26)49)31-18-20-34(46)40-35(31)47/h9-10,12-15,23,25,31H,2-8,11,16-22H2,1H3,(H,38,44)(H,39,45)(H,40,46,47). The van der Waals surface area contributed by atoms with E-state index in [9.17, 15) is 33.6 Å². The highest BCUT2D eigenvalue weighted by Gasteiger charge is 2.40. The first-order valence-corrected chi connectivity index (χ1v) is 17.4. The second kappa shape index (κ2) is 16.5. The number of hydrogen-bond acceptors (Lipinski definition) is 7. The Morgan fingerprint density at radius 2 is 1.55 bits per heavy atom. The van der Waals surface area contributed by atoms with E-state index in [1.165, 1.54) is 11.9 Å². The van der Waals surface area contributed by atoms with Gasteiger partial charge < -0.3 is 25.2 Å². The van der Waals surface area contributed by atoms with E-state index < -0.39 is 18.0 Å². The van der Waals surface area contributed by atoms with Crippen molar-refractivity contribution in [2.75, 3.05) is 12.4 Å². The van der Waals surface area contributed by atoms with Crippen LogP contribution in [0.5, 0.6) is 0 Å². The average Bonchev–Trinajstić information content (AvgIpc) is 3.61. The van der Waals surface area contributed by atoms with Gasteiger partial charge in [-0.05, 0) is 61.4 Å². The molecule has 12 nitrogen and oxygen atoms in total. The topological polar surface area (TPSA) is 162 Å². The number of carbonyl (C=O) groups excluding carboxylic acids is 7. The lowest BCUT2D eigenvalue weighted by Crippen LogP contribution is -2.52. The van der Waals surface area contributed by atoms with E-state index in [0.29, 0.717) is 48.1 Å². The Morgan fingerprint density at radius 3 is 2.27 bits per heavy atom. The van der Waals surface area contributed by atoms with Gasteiger partial charge in [0, 0.05) is 61.8 Å². The summed E-state index contributed by atoms with van der Waals surface area (Å²) >= 11 is 0. The lowest BCUT2D eigenvalue weighted by molar-refractivity contribution is -0.137. The van der Waals surface area contributed by atoms with Gasteiger partial charge in [0.2, 0.25) is 23.6 Å². The first-order valence-electron chi connectivity index (χ1n) is 17.4. The van der Waals surface area contributed by atoms with Gasteiger partial charge in [0.1, 0.15) is 12.3 Å². The number of unbranched alkanes of at least 4 members (excludes halogenated alkanes) is 6. The number of carbonyl (C=O) groups is 7. The number of aldehydes is 1. The van der Waals surface area contributed by atoms with Crippen LogP contribution < -0.4 is 16.0 Å². The number of amides is 6. The molecule has 0 aliphatic carbocycles. The molecule has 6 amide bonds. The van der Waals surface area contributed by atoms with Crippen LogP contribution in [-0.2, 0) is 43.5 Å². The number of nitrogens with zero attached hydrogens (tertiary/aromatic N) is 2. The maximum atomic E-state index is 13.1. The van der Waals surface area contributed by atoms with E-state index >= 15 is 0 Å². The summed E-state index contributed by atoms with van der Waals surface area (Å²) in [7, 11) is 1.53. The molecule has 2 unspecified atom stereocenters. The minimum atomic E-state index is -0.719. The Balaban J connectivity index is 0.985. The van der Waals surface area contributed by atoms with Crippen molar-refractivity contribution in [1.29, 1.82) is 0 Å². The minimum Gasteiger partial charge on any atom is -0.359 e. The zero-order valence-electron chi connectivity index (χ0n) is 28.1. The molecule has 3 aliphatic rings. The molecule has 3 aliphatic heterocycles. The Morgan fingerprint density at radius 1 is 0.857 bits per heavy atom. The average molecular weight is 672 g/mol. The van der Waals surface area contributed by atoms with Crippen LogP contribution in [0.1, 0.15) is 114 Å². The largest absolute Gasteiger partial charge is 0.359 e. The third kappa shape index (κ3) is 8.41. The van der Waals surface area contributed by atoms with Crippen molar-refractivity contribution < 1.29 is 33.6 Å². The van der Waals surface area contributed by atoms with Crippen LogP contribution >= 0.6 is 0 Å². The molecule has 1 saturated heterocycles. The summed E-state index contributed by atoms with van der Waals surface area (Å²) in [5.41, 5.74) is 4.50. The summed E-state index contributed by atoms with van der Waals surface area (Å²) in [6, 6.07) is 9.62. The Bertz CT molecular complexity index is 1620. The summed E-state index contributed by atoms with van der Waals surface area (Å²) < 4.78 is 0. The van der Waals surface area contributed by atoms with Crippen LogP contribution in [0.4, 0.5) is 5.69 Å². The van der Waals surface area contributed by atoms with Crippen LogP contribution in [0.25, 0.3) is 0 Å². The number of anilines is 1. The van der Waals surface area contributed by atoms with Gasteiger partial charge in [-0.25, -0.2) is 0 Å². The van der Waals surface area contributed by atoms with Crippen LogP contribution in [-0.4, -0.2) is 70.7 Å². The van der Waals surface area contributed by atoms with Crippen LogP contribution in [0.2, 0.25) is 0 Å². The molecule has 0 radical (unpaired) electrons.